The summed E-state index contributed by atoms with van der Waals surface area (Å²) in [6, 6.07) is 5.52. The van der Waals surface area contributed by atoms with Gasteiger partial charge in [-0.3, -0.25) is 9.59 Å². The summed E-state index contributed by atoms with van der Waals surface area (Å²) in [5.41, 5.74) is 16.1. The van der Waals surface area contributed by atoms with E-state index in [9.17, 15) is 20.2 Å². The second-order valence-corrected chi connectivity index (χ2v) is 12.1. The highest BCUT2D eigenvalue weighted by Crippen LogP contribution is 2.30. The van der Waals surface area contributed by atoms with Crippen LogP contribution in [0.2, 0.25) is 0 Å². The molecule has 0 aliphatic carbocycles. The van der Waals surface area contributed by atoms with Crippen molar-refractivity contribution < 1.29 is 24.2 Å². The molecule has 0 saturated carbocycles. The number of aliphatic hydroxyl groups excluding tert-OH is 1. The number of nitrogens with zero attached hydrogens (tertiary/aromatic N) is 3. The van der Waals surface area contributed by atoms with Gasteiger partial charge in [-0.25, -0.2) is 0 Å². The normalized spacial score (nSPS) is 14.8. The Morgan fingerprint density at radius 1 is 1.15 bits per heavy atom. The Morgan fingerprint density at radius 2 is 1.82 bits per heavy atom. The summed E-state index contributed by atoms with van der Waals surface area (Å²) in [6.45, 7) is 12.2. The summed E-state index contributed by atoms with van der Waals surface area (Å²) in [6.07, 6.45) is 2.10. The van der Waals surface area contributed by atoms with Gasteiger partial charge in [0.05, 0.1) is 24.7 Å². The van der Waals surface area contributed by atoms with Crippen LogP contribution in [0.3, 0.4) is 0 Å². The summed E-state index contributed by atoms with van der Waals surface area (Å²) in [4.78, 5) is 27.7. The number of hydrogen-bond acceptors (Lipinski definition) is 6. The fourth-order valence-corrected chi connectivity index (χ4v) is 4.74. The number of nitrogens with one attached hydrogen (secondary N) is 1. The van der Waals surface area contributed by atoms with Crippen molar-refractivity contribution in [3.8, 4) is 5.75 Å². The standard InChI is InChI=1S/C30H51N5O5/c1-19(2)23(15-21-11-12-27(40-8)22(14-21)10-9-13-39-7)16-25(34-35-32)26(36)17-24(20(3)4)28(37)33-18-30(5,6)29(31)38/h11-12,14,19-20,23-26,36H,9-10,13,15-18H2,1-8H3,(H2,31,38)(H,33,37)/t23-,24-,25-,26-/m0/s1. The van der Waals surface area contributed by atoms with Crippen LogP contribution in [-0.2, 0) is 27.2 Å². The lowest BCUT2D eigenvalue weighted by Crippen LogP contribution is -2.45. The molecule has 0 heterocycles. The smallest absolute Gasteiger partial charge is 0.224 e. The van der Waals surface area contributed by atoms with Gasteiger partial charge in [-0.15, -0.1) is 0 Å². The number of carbonyl (C=O) groups excluding carboxylic acids is 2. The van der Waals surface area contributed by atoms with E-state index in [0.717, 1.165) is 36.1 Å². The predicted molar refractivity (Wildman–Crippen MR) is 158 cm³/mol. The Kier molecular flexibility index (Phi) is 15.1. The SMILES string of the molecule is COCCCc1cc(C[C@@H](C[C@H](N=[N+]=[N-])[C@@H](O)C[C@H](C(=O)NCC(C)(C)C(N)=O)C(C)C)C(C)C)ccc1OC. The third-order valence-corrected chi connectivity index (χ3v) is 7.78. The molecule has 0 radical (unpaired) electrons. The molecule has 1 aromatic rings. The summed E-state index contributed by atoms with van der Waals surface area (Å²) < 4.78 is 10.7. The van der Waals surface area contributed by atoms with Crippen molar-refractivity contribution in [3.63, 3.8) is 0 Å². The first-order chi connectivity index (χ1) is 18.8. The third-order valence-electron chi connectivity index (χ3n) is 7.78. The van der Waals surface area contributed by atoms with Crippen molar-refractivity contribution in [1.29, 1.82) is 0 Å². The molecule has 0 aromatic heterocycles. The molecular weight excluding hydrogens is 510 g/mol. The van der Waals surface area contributed by atoms with E-state index in [0.29, 0.717) is 13.0 Å². The number of ether oxygens (including phenoxy) is 2. The lowest BCUT2D eigenvalue weighted by molar-refractivity contribution is -0.130. The average molecular weight is 562 g/mol. The highest BCUT2D eigenvalue weighted by Gasteiger charge is 2.32. The summed E-state index contributed by atoms with van der Waals surface area (Å²) in [5, 5.41) is 18.0. The van der Waals surface area contributed by atoms with Gasteiger partial charge in [-0.2, -0.15) is 0 Å². The number of benzene rings is 1. The lowest BCUT2D eigenvalue weighted by atomic mass is 9.80. The first-order valence-electron chi connectivity index (χ1n) is 14.2. The number of carbonyl (C=O) groups is 2. The Hall–Kier alpha value is -2.81. The molecule has 0 aliphatic heterocycles. The molecule has 10 nitrogen and oxygen atoms in total. The van der Waals surface area contributed by atoms with E-state index in [4.69, 9.17) is 15.2 Å². The van der Waals surface area contributed by atoms with Crippen LogP contribution in [0.1, 0.15) is 71.9 Å². The van der Waals surface area contributed by atoms with Crippen molar-refractivity contribution in [2.45, 2.75) is 85.8 Å². The van der Waals surface area contributed by atoms with Crippen LogP contribution in [0.4, 0.5) is 0 Å². The highest BCUT2D eigenvalue weighted by molar-refractivity contribution is 5.83. The maximum absolute atomic E-state index is 13.0. The Labute approximate surface area is 240 Å². The maximum atomic E-state index is 13.0. The number of aryl methyl sites for hydroxylation is 1. The van der Waals surface area contributed by atoms with Crippen molar-refractivity contribution in [2.75, 3.05) is 27.4 Å². The average Bonchev–Trinajstić information content (AvgIpc) is 2.89. The van der Waals surface area contributed by atoms with Gasteiger partial charge in [0, 0.05) is 31.1 Å². The van der Waals surface area contributed by atoms with Crippen LogP contribution in [0.15, 0.2) is 23.3 Å². The Bertz CT molecular complexity index is 991. The second-order valence-electron chi connectivity index (χ2n) is 12.1. The summed E-state index contributed by atoms with van der Waals surface area (Å²) >= 11 is 0. The van der Waals surface area contributed by atoms with Crippen LogP contribution >= 0.6 is 0 Å². The van der Waals surface area contributed by atoms with Gasteiger partial charge < -0.3 is 25.6 Å². The summed E-state index contributed by atoms with van der Waals surface area (Å²) in [7, 11) is 3.36. The number of rotatable bonds is 19. The molecule has 40 heavy (non-hydrogen) atoms. The van der Waals surface area contributed by atoms with Crippen LogP contribution in [0.5, 0.6) is 5.75 Å². The van der Waals surface area contributed by atoms with E-state index in [-0.39, 0.29) is 36.6 Å². The predicted octanol–water partition coefficient (Wildman–Crippen LogP) is 4.81. The van der Waals surface area contributed by atoms with Crippen molar-refractivity contribution in [3.05, 3.63) is 39.8 Å². The van der Waals surface area contributed by atoms with E-state index < -0.39 is 29.4 Å². The van der Waals surface area contributed by atoms with Gasteiger partial charge in [0.15, 0.2) is 0 Å². The fourth-order valence-electron chi connectivity index (χ4n) is 4.74. The van der Waals surface area contributed by atoms with Gasteiger partial charge in [-0.05, 0) is 86.4 Å². The van der Waals surface area contributed by atoms with Crippen LogP contribution in [-0.4, -0.2) is 56.4 Å². The second kappa shape index (κ2) is 17.1. The first kappa shape index (κ1) is 35.2. The van der Waals surface area contributed by atoms with Gasteiger partial charge in [0.25, 0.3) is 0 Å². The monoisotopic (exact) mass is 561 g/mol. The molecule has 0 fully saturated rings. The van der Waals surface area contributed by atoms with Crippen LogP contribution in [0, 0.1) is 29.1 Å². The minimum absolute atomic E-state index is 0.0743. The number of amides is 2. The van der Waals surface area contributed by atoms with Gasteiger partial charge in [0.2, 0.25) is 11.8 Å². The fraction of sp³-hybridized carbons (Fsp3) is 0.733. The molecule has 226 valence electrons. The molecule has 4 N–H and O–H groups in total. The van der Waals surface area contributed by atoms with E-state index in [1.807, 2.05) is 19.9 Å². The molecule has 0 bridgehead atoms. The topological polar surface area (TPSA) is 160 Å². The van der Waals surface area contributed by atoms with E-state index >= 15 is 0 Å². The number of hydrogen-bond donors (Lipinski definition) is 3. The molecule has 10 heteroatoms. The minimum atomic E-state index is -1.00. The lowest BCUT2D eigenvalue weighted by Gasteiger charge is -2.30. The highest BCUT2D eigenvalue weighted by atomic mass is 16.5. The number of methoxy groups -OCH3 is 2. The van der Waals surface area contributed by atoms with E-state index in [1.165, 1.54) is 0 Å². The molecule has 0 saturated heterocycles. The Balaban J connectivity index is 3.05. The van der Waals surface area contributed by atoms with E-state index in [2.05, 4.69) is 41.3 Å². The number of aliphatic hydroxyl groups is 1. The van der Waals surface area contributed by atoms with Crippen molar-refractivity contribution in [1.82, 2.24) is 5.32 Å². The zero-order valence-electron chi connectivity index (χ0n) is 25.6. The van der Waals surface area contributed by atoms with Crippen LogP contribution in [0.25, 0.3) is 10.4 Å². The molecule has 2 amide bonds. The Morgan fingerprint density at radius 3 is 2.35 bits per heavy atom. The van der Waals surface area contributed by atoms with Gasteiger partial charge in [0.1, 0.15) is 5.75 Å². The zero-order valence-corrected chi connectivity index (χ0v) is 25.6. The number of azide groups is 1. The zero-order chi connectivity index (χ0) is 30.5. The first-order valence-corrected chi connectivity index (χ1v) is 14.2. The van der Waals surface area contributed by atoms with Crippen LogP contribution < -0.4 is 15.8 Å². The molecule has 1 rings (SSSR count). The molecular formula is C30H51N5O5. The maximum Gasteiger partial charge on any atom is 0.224 e. The van der Waals surface area contributed by atoms with Crippen molar-refractivity contribution >= 4 is 11.8 Å². The van der Waals surface area contributed by atoms with Gasteiger partial charge in [-0.1, -0.05) is 44.9 Å². The molecule has 4 atom stereocenters. The molecule has 0 spiro atoms. The largest absolute Gasteiger partial charge is 0.496 e. The molecule has 0 unspecified atom stereocenters. The molecule has 1 aromatic carbocycles. The minimum Gasteiger partial charge on any atom is -0.496 e. The quantitative estimate of drug-likeness (QED) is 0.0955. The summed E-state index contributed by atoms with van der Waals surface area (Å²) in [5.74, 6) is -0.117. The van der Waals surface area contributed by atoms with Gasteiger partial charge >= 0.3 is 0 Å². The number of nitrogens with two attached hydrogens (primary N) is 1. The third kappa shape index (κ3) is 11.4. The number of primary amides is 1. The van der Waals surface area contributed by atoms with E-state index in [1.54, 1.807) is 28.1 Å². The molecule has 0 aliphatic rings. The van der Waals surface area contributed by atoms with Crippen molar-refractivity contribution in [2.24, 2.45) is 39.9 Å².